The van der Waals surface area contributed by atoms with Crippen LogP contribution in [0.25, 0.3) is 10.9 Å². The maximum Gasteiger partial charge on any atom is 0.417 e. The molecule has 0 aliphatic carbocycles. The van der Waals surface area contributed by atoms with Gasteiger partial charge >= 0.3 is 6.18 Å². The predicted octanol–water partition coefficient (Wildman–Crippen LogP) is 3.48. The molecule has 2 rings (SSSR count). The molecule has 18 heavy (non-hydrogen) atoms. The minimum atomic E-state index is -4.33. The first-order chi connectivity index (χ1) is 8.36. The zero-order chi connectivity index (χ0) is 13.5. The van der Waals surface area contributed by atoms with Crippen molar-refractivity contribution >= 4 is 10.9 Å². The molecule has 2 nitrogen and oxygen atoms in total. The molecule has 0 fully saturated rings. The van der Waals surface area contributed by atoms with Gasteiger partial charge in [0.1, 0.15) is 0 Å². The van der Waals surface area contributed by atoms with Gasteiger partial charge in [0.05, 0.1) is 5.56 Å². The molecule has 2 aromatic rings. The second kappa shape index (κ2) is 4.31. The first kappa shape index (κ1) is 13.0. The number of fused-ring (bicyclic) bond motifs is 1. The van der Waals surface area contributed by atoms with Crippen LogP contribution in [0.15, 0.2) is 24.4 Å². The van der Waals surface area contributed by atoms with Crippen LogP contribution in [0.2, 0.25) is 0 Å². The Labute approximate surface area is 103 Å². The van der Waals surface area contributed by atoms with E-state index in [9.17, 15) is 13.2 Å². The summed E-state index contributed by atoms with van der Waals surface area (Å²) >= 11 is 0. The molecule has 98 valence electrons. The number of nitrogens with zero attached hydrogens (tertiary/aromatic N) is 1. The normalized spacial score (nSPS) is 14.1. The highest BCUT2D eigenvalue weighted by molar-refractivity contribution is 5.88. The number of rotatable bonds is 2. The summed E-state index contributed by atoms with van der Waals surface area (Å²) in [7, 11) is 3.49. The fourth-order valence-corrected chi connectivity index (χ4v) is 2.20. The van der Waals surface area contributed by atoms with Crippen LogP contribution in [0.5, 0.6) is 0 Å². The molecule has 1 unspecified atom stereocenters. The predicted molar refractivity (Wildman–Crippen MR) is 65.4 cm³/mol. The number of hydrogen-bond acceptors (Lipinski definition) is 1. The monoisotopic (exact) mass is 256 g/mol. The van der Waals surface area contributed by atoms with Crippen molar-refractivity contribution < 1.29 is 13.2 Å². The van der Waals surface area contributed by atoms with Crippen LogP contribution in [0.3, 0.4) is 0 Å². The van der Waals surface area contributed by atoms with Gasteiger partial charge in [-0.3, -0.25) is 0 Å². The molecule has 0 saturated heterocycles. The molecule has 0 amide bonds. The number of alkyl halides is 3. The van der Waals surface area contributed by atoms with E-state index in [2.05, 4.69) is 5.32 Å². The summed E-state index contributed by atoms with van der Waals surface area (Å²) in [6, 6.07) is 4.15. The standard InChI is InChI=1S/C13H15F3N2/c1-8(17-2)9-7-18(3)11-6-4-5-10(12(9)11)13(14,15)16/h4-8,17H,1-3H3. The summed E-state index contributed by atoms with van der Waals surface area (Å²) in [6.45, 7) is 1.85. The van der Waals surface area contributed by atoms with Crippen LogP contribution in [0.1, 0.15) is 24.1 Å². The van der Waals surface area contributed by atoms with Crippen molar-refractivity contribution in [1.29, 1.82) is 0 Å². The first-order valence-electron chi connectivity index (χ1n) is 5.68. The Morgan fingerprint density at radius 2 is 1.94 bits per heavy atom. The summed E-state index contributed by atoms with van der Waals surface area (Å²) in [5.74, 6) is 0. The van der Waals surface area contributed by atoms with Crippen molar-refractivity contribution in [3.63, 3.8) is 0 Å². The van der Waals surface area contributed by atoms with Crippen LogP contribution in [0, 0.1) is 0 Å². The molecule has 0 aliphatic heterocycles. The van der Waals surface area contributed by atoms with Crippen molar-refractivity contribution in [3.05, 3.63) is 35.5 Å². The summed E-state index contributed by atoms with van der Waals surface area (Å²) < 4.78 is 40.9. The fourth-order valence-electron chi connectivity index (χ4n) is 2.20. The number of halogens is 3. The Kier molecular flexibility index (Phi) is 3.11. The van der Waals surface area contributed by atoms with Gasteiger partial charge in [0.15, 0.2) is 0 Å². The van der Waals surface area contributed by atoms with Crippen molar-refractivity contribution in [2.45, 2.75) is 19.1 Å². The fraction of sp³-hybridized carbons (Fsp3) is 0.385. The molecule has 1 atom stereocenters. The van der Waals surface area contributed by atoms with Crippen molar-refractivity contribution in [2.75, 3.05) is 7.05 Å². The van der Waals surface area contributed by atoms with Gasteiger partial charge < -0.3 is 9.88 Å². The number of aryl methyl sites for hydroxylation is 1. The van der Waals surface area contributed by atoms with E-state index in [1.807, 2.05) is 6.92 Å². The van der Waals surface area contributed by atoms with Crippen LogP contribution in [-0.4, -0.2) is 11.6 Å². The van der Waals surface area contributed by atoms with E-state index >= 15 is 0 Å². The zero-order valence-corrected chi connectivity index (χ0v) is 10.5. The lowest BCUT2D eigenvalue weighted by atomic mass is 10.0. The Hall–Kier alpha value is -1.49. The van der Waals surface area contributed by atoms with Crippen molar-refractivity contribution in [2.24, 2.45) is 7.05 Å². The van der Waals surface area contributed by atoms with Crippen LogP contribution in [-0.2, 0) is 13.2 Å². The van der Waals surface area contributed by atoms with Crippen LogP contribution < -0.4 is 5.32 Å². The average Bonchev–Trinajstić information content (AvgIpc) is 2.65. The molecule has 5 heteroatoms. The van der Waals surface area contributed by atoms with Gasteiger partial charge in [0.25, 0.3) is 0 Å². The number of hydrogen-bond donors (Lipinski definition) is 1. The molecule has 0 radical (unpaired) electrons. The number of nitrogens with one attached hydrogen (secondary N) is 1. The minimum absolute atomic E-state index is 0.128. The molecule has 1 N–H and O–H groups in total. The Bertz CT molecular complexity index is 569. The lowest BCUT2D eigenvalue weighted by Crippen LogP contribution is -2.13. The molecule has 1 aromatic heterocycles. The number of aromatic nitrogens is 1. The third-order valence-corrected chi connectivity index (χ3v) is 3.25. The second-order valence-electron chi connectivity index (χ2n) is 4.40. The molecule has 1 aromatic carbocycles. The molecule has 0 bridgehead atoms. The molecule has 0 aliphatic rings. The molecular formula is C13H15F3N2. The molecule has 0 spiro atoms. The zero-order valence-electron chi connectivity index (χ0n) is 10.5. The summed E-state index contributed by atoms with van der Waals surface area (Å²) in [6.07, 6.45) is -2.58. The molecule has 1 heterocycles. The van der Waals surface area contributed by atoms with E-state index in [4.69, 9.17) is 0 Å². The first-order valence-corrected chi connectivity index (χ1v) is 5.68. The van der Waals surface area contributed by atoms with Gasteiger partial charge in [-0.1, -0.05) is 6.07 Å². The van der Waals surface area contributed by atoms with Gasteiger partial charge in [-0.05, 0) is 31.7 Å². The average molecular weight is 256 g/mol. The van der Waals surface area contributed by atoms with Crippen LogP contribution in [0.4, 0.5) is 13.2 Å². The van der Waals surface area contributed by atoms with Crippen LogP contribution >= 0.6 is 0 Å². The lowest BCUT2D eigenvalue weighted by Gasteiger charge is -2.13. The summed E-state index contributed by atoms with van der Waals surface area (Å²) in [5.41, 5.74) is 0.697. The molecular weight excluding hydrogens is 241 g/mol. The maximum atomic E-state index is 13.0. The van der Waals surface area contributed by atoms with E-state index in [0.717, 1.165) is 6.07 Å². The van der Waals surface area contributed by atoms with E-state index in [-0.39, 0.29) is 11.4 Å². The summed E-state index contributed by atoms with van der Waals surface area (Å²) in [4.78, 5) is 0. The Morgan fingerprint density at radius 3 is 2.50 bits per heavy atom. The summed E-state index contributed by atoms with van der Waals surface area (Å²) in [5, 5.41) is 3.27. The Balaban J connectivity index is 2.81. The van der Waals surface area contributed by atoms with E-state index in [1.165, 1.54) is 6.07 Å². The maximum absolute atomic E-state index is 13.0. The van der Waals surface area contributed by atoms with Gasteiger partial charge in [0.2, 0.25) is 0 Å². The number of benzene rings is 1. The van der Waals surface area contributed by atoms with Gasteiger partial charge in [-0.15, -0.1) is 0 Å². The minimum Gasteiger partial charge on any atom is -0.350 e. The topological polar surface area (TPSA) is 17.0 Å². The molecule has 0 saturated carbocycles. The Morgan fingerprint density at radius 1 is 1.28 bits per heavy atom. The third kappa shape index (κ3) is 1.99. The highest BCUT2D eigenvalue weighted by Gasteiger charge is 2.34. The second-order valence-corrected chi connectivity index (χ2v) is 4.40. The van der Waals surface area contributed by atoms with Gasteiger partial charge in [0, 0.05) is 30.2 Å². The highest BCUT2D eigenvalue weighted by atomic mass is 19.4. The van der Waals surface area contributed by atoms with Crippen molar-refractivity contribution in [3.8, 4) is 0 Å². The quantitative estimate of drug-likeness (QED) is 0.870. The largest absolute Gasteiger partial charge is 0.417 e. The van der Waals surface area contributed by atoms with Gasteiger partial charge in [-0.2, -0.15) is 13.2 Å². The van der Waals surface area contributed by atoms with Gasteiger partial charge in [-0.25, -0.2) is 0 Å². The van der Waals surface area contributed by atoms with Crippen molar-refractivity contribution in [1.82, 2.24) is 9.88 Å². The van der Waals surface area contributed by atoms with E-state index in [1.54, 1.807) is 30.9 Å². The van der Waals surface area contributed by atoms with E-state index in [0.29, 0.717) is 11.1 Å². The smallest absolute Gasteiger partial charge is 0.350 e. The lowest BCUT2D eigenvalue weighted by molar-refractivity contribution is -0.136. The van der Waals surface area contributed by atoms with E-state index < -0.39 is 11.7 Å². The SMILES string of the molecule is CNC(C)c1cn(C)c2cccc(C(F)(F)F)c12. The highest BCUT2D eigenvalue weighted by Crippen LogP contribution is 2.38. The third-order valence-electron chi connectivity index (χ3n) is 3.25.